The van der Waals surface area contributed by atoms with Crippen molar-refractivity contribution in [3.63, 3.8) is 0 Å². The van der Waals surface area contributed by atoms with E-state index in [9.17, 15) is 5.53 Å². The molecule has 1 aliphatic rings. The van der Waals surface area contributed by atoms with E-state index in [0.717, 1.165) is 60.2 Å². The van der Waals surface area contributed by atoms with Crippen molar-refractivity contribution >= 4 is 11.4 Å². The van der Waals surface area contributed by atoms with E-state index in [4.69, 9.17) is 0 Å². The van der Waals surface area contributed by atoms with Crippen LogP contribution in [0.2, 0.25) is 0 Å². The van der Waals surface area contributed by atoms with Gasteiger partial charge in [-0.2, -0.15) is 0 Å². The minimum Gasteiger partial charge on any atom is -0.493 e. The maximum Gasteiger partial charge on any atom is 0.214 e. The molecule has 0 aliphatic carbocycles. The molecule has 2 aromatic carbocycles. The predicted octanol–water partition coefficient (Wildman–Crippen LogP) is 15.1. The largest absolute Gasteiger partial charge is 0.493 e. The number of aryl methyl sites for hydroxylation is 4. The fourth-order valence-corrected chi connectivity index (χ4v) is 7.30. The van der Waals surface area contributed by atoms with Gasteiger partial charge in [-0.15, -0.1) is 0 Å². The van der Waals surface area contributed by atoms with E-state index in [2.05, 4.69) is 89.2 Å². The standard InChI is InChI=1S/C47H72N2/c1-6-11-14-17-18-19-20-21-22-23-24-25-28-31-43-38-46(49(48)47(43)45-34-39(9-4)32-40(10-5)35-45)44-36-41(29-26-15-12-7-2)33-42(37-44)30-27-16-13-8-3/h28,31-38H,6-27,29-30H2,1-5H3. The van der Waals surface area contributed by atoms with Crippen LogP contribution < -0.4 is 0 Å². The number of unbranched alkanes of at least 4 members (excludes halogenated alkanes) is 17. The summed E-state index contributed by atoms with van der Waals surface area (Å²) in [6.07, 6.45) is 37.4. The van der Waals surface area contributed by atoms with Crippen LogP contribution in [-0.4, -0.2) is 4.70 Å². The molecular formula is C47H72N2. The second kappa shape index (κ2) is 24.4. The average molecular weight is 665 g/mol. The number of allylic oxidation sites excluding steroid dienone is 4. The van der Waals surface area contributed by atoms with Crippen LogP contribution in [0.4, 0.5) is 0 Å². The van der Waals surface area contributed by atoms with Gasteiger partial charge in [-0.05, 0) is 97.9 Å². The van der Waals surface area contributed by atoms with Gasteiger partial charge in [0, 0.05) is 17.2 Å². The normalized spacial score (nSPS) is 13.3. The van der Waals surface area contributed by atoms with Crippen LogP contribution in [0, 0.1) is 0 Å². The van der Waals surface area contributed by atoms with Crippen LogP contribution in [0.15, 0.2) is 60.2 Å². The summed E-state index contributed by atoms with van der Waals surface area (Å²) in [7, 11) is 0. The molecule has 0 radical (unpaired) electrons. The Labute approximate surface area is 303 Å². The third-order valence-electron chi connectivity index (χ3n) is 10.4. The molecule has 49 heavy (non-hydrogen) atoms. The first-order valence-corrected chi connectivity index (χ1v) is 20.9. The van der Waals surface area contributed by atoms with Gasteiger partial charge in [-0.3, -0.25) is 0 Å². The molecule has 2 aromatic rings. The van der Waals surface area contributed by atoms with Gasteiger partial charge in [0.2, 0.25) is 11.4 Å². The molecule has 1 aliphatic heterocycles. The first kappa shape index (κ1) is 40.7. The summed E-state index contributed by atoms with van der Waals surface area (Å²) in [5, 5.41) is 0. The number of nitrogens with zero attached hydrogens (tertiary/aromatic N) is 2. The fourth-order valence-electron chi connectivity index (χ4n) is 7.30. The van der Waals surface area contributed by atoms with Crippen LogP contribution in [-0.2, 0) is 25.7 Å². The molecule has 270 valence electrons. The molecule has 0 saturated carbocycles. The van der Waals surface area contributed by atoms with Gasteiger partial charge < -0.3 is 5.53 Å². The van der Waals surface area contributed by atoms with Gasteiger partial charge in [0.15, 0.2) is 0 Å². The summed E-state index contributed by atoms with van der Waals surface area (Å²) in [5.41, 5.74) is 22.7. The summed E-state index contributed by atoms with van der Waals surface area (Å²) < 4.78 is 1.51. The highest BCUT2D eigenvalue weighted by Crippen LogP contribution is 2.37. The van der Waals surface area contributed by atoms with Gasteiger partial charge in [0.25, 0.3) is 0 Å². The van der Waals surface area contributed by atoms with E-state index in [-0.39, 0.29) is 0 Å². The van der Waals surface area contributed by atoms with Gasteiger partial charge >= 0.3 is 0 Å². The minimum absolute atomic E-state index is 0.912. The minimum atomic E-state index is 0.912. The second-order valence-electron chi connectivity index (χ2n) is 14.8. The Kier molecular flexibility index (Phi) is 20.3. The number of benzene rings is 2. The van der Waals surface area contributed by atoms with Crippen LogP contribution in [0.3, 0.4) is 0 Å². The van der Waals surface area contributed by atoms with Gasteiger partial charge in [0.1, 0.15) is 0 Å². The predicted molar refractivity (Wildman–Crippen MR) is 216 cm³/mol. The fraction of sp³-hybridized carbons (Fsp3) is 0.617. The Morgan fingerprint density at radius 2 is 0.918 bits per heavy atom. The van der Waals surface area contributed by atoms with Crippen LogP contribution >= 0.6 is 0 Å². The molecule has 0 amide bonds. The Morgan fingerprint density at radius 1 is 0.490 bits per heavy atom. The lowest BCUT2D eigenvalue weighted by Gasteiger charge is -2.14. The maximum absolute atomic E-state index is 12.0. The molecule has 2 nitrogen and oxygen atoms in total. The van der Waals surface area contributed by atoms with Crippen molar-refractivity contribution in [2.45, 2.75) is 189 Å². The number of hydrogen-bond acceptors (Lipinski definition) is 0. The third-order valence-corrected chi connectivity index (χ3v) is 10.4. The molecule has 0 saturated heterocycles. The highest BCUT2D eigenvalue weighted by Gasteiger charge is 2.29. The summed E-state index contributed by atoms with van der Waals surface area (Å²) in [4.78, 5) is 0. The van der Waals surface area contributed by atoms with Crippen molar-refractivity contribution in [1.29, 1.82) is 0 Å². The topological polar surface area (TPSA) is 25.3 Å². The zero-order chi connectivity index (χ0) is 35.1. The van der Waals surface area contributed by atoms with Crippen LogP contribution in [0.25, 0.3) is 16.9 Å². The summed E-state index contributed by atoms with van der Waals surface area (Å²) >= 11 is 0. The zero-order valence-corrected chi connectivity index (χ0v) is 32.6. The lowest BCUT2D eigenvalue weighted by atomic mass is 9.96. The summed E-state index contributed by atoms with van der Waals surface area (Å²) in [6, 6.07) is 14.0. The summed E-state index contributed by atoms with van der Waals surface area (Å²) in [6.45, 7) is 11.3. The monoisotopic (exact) mass is 665 g/mol. The quantitative estimate of drug-likeness (QED) is 0.0671. The molecule has 0 atom stereocenters. The van der Waals surface area contributed by atoms with Crippen molar-refractivity contribution < 1.29 is 4.70 Å². The van der Waals surface area contributed by atoms with Crippen molar-refractivity contribution in [1.82, 2.24) is 0 Å². The van der Waals surface area contributed by atoms with Crippen LogP contribution in [0.1, 0.15) is 196 Å². The zero-order valence-electron chi connectivity index (χ0n) is 32.6. The molecular weight excluding hydrogens is 593 g/mol. The van der Waals surface area contributed by atoms with Crippen molar-refractivity contribution in [3.05, 3.63) is 99.1 Å². The lowest BCUT2D eigenvalue weighted by Crippen LogP contribution is -2.04. The lowest BCUT2D eigenvalue weighted by molar-refractivity contribution is -0.344. The molecule has 0 spiro atoms. The third kappa shape index (κ3) is 14.6. The second-order valence-corrected chi connectivity index (χ2v) is 14.8. The molecule has 0 unspecified atom stereocenters. The Morgan fingerprint density at radius 3 is 1.41 bits per heavy atom. The maximum atomic E-state index is 12.0. The Hall–Kier alpha value is -2.74. The number of hydrogen-bond donors (Lipinski definition) is 0. The van der Waals surface area contributed by atoms with E-state index in [1.165, 1.54) is 149 Å². The smallest absolute Gasteiger partial charge is 0.214 e. The molecule has 1 heterocycles. The van der Waals surface area contributed by atoms with Crippen LogP contribution in [0.5, 0.6) is 0 Å². The van der Waals surface area contributed by atoms with Crippen molar-refractivity contribution in [2.75, 3.05) is 0 Å². The van der Waals surface area contributed by atoms with E-state index in [1.807, 2.05) is 0 Å². The van der Waals surface area contributed by atoms with Crippen molar-refractivity contribution in [2.24, 2.45) is 0 Å². The molecule has 0 bridgehead atoms. The Bertz CT molecular complexity index is 1290. The van der Waals surface area contributed by atoms with E-state index >= 15 is 0 Å². The molecule has 0 N–H and O–H groups in total. The molecule has 3 rings (SSSR count). The molecule has 0 fully saturated rings. The van der Waals surface area contributed by atoms with Gasteiger partial charge in [0.05, 0.1) is 5.57 Å². The highest BCUT2D eigenvalue weighted by molar-refractivity contribution is 5.81. The first-order valence-electron chi connectivity index (χ1n) is 20.9. The van der Waals surface area contributed by atoms with Gasteiger partial charge in [-0.1, -0.05) is 162 Å². The Balaban J connectivity index is 1.79. The van der Waals surface area contributed by atoms with Gasteiger partial charge in [-0.25, -0.2) is 4.70 Å². The molecule has 2 heteroatoms. The number of rotatable bonds is 27. The van der Waals surface area contributed by atoms with E-state index < -0.39 is 0 Å². The first-order chi connectivity index (χ1) is 24.0. The van der Waals surface area contributed by atoms with Crippen molar-refractivity contribution in [3.8, 4) is 0 Å². The average Bonchev–Trinajstić information content (AvgIpc) is 3.45. The van der Waals surface area contributed by atoms with E-state index in [0.29, 0.717) is 0 Å². The SMILES string of the molecule is CCCCCCCCCCCCCC=CC1=C(c2cc(CC)cc(CC)c2)[N+](=[N-])C(c2cc(CCCCCC)cc(CCCCCC)c2)=C1. The van der Waals surface area contributed by atoms with E-state index in [1.54, 1.807) is 0 Å². The molecule has 0 aromatic heterocycles. The highest BCUT2D eigenvalue weighted by atomic mass is 15.2. The summed E-state index contributed by atoms with van der Waals surface area (Å²) in [5.74, 6) is 0.